The molecule has 0 saturated heterocycles. The van der Waals surface area contributed by atoms with Gasteiger partial charge in [-0.3, -0.25) is 9.40 Å². The topological polar surface area (TPSA) is 73.2 Å². The van der Waals surface area contributed by atoms with Gasteiger partial charge in [0.2, 0.25) is 0 Å². The van der Waals surface area contributed by atoms with Gasteiger partial charge in [-0.25, -0.2) is 12.8 Å². The van der Waals surface area contributed by atoms with Crippen molar-refractivity contribution in [3.05, 3.63) is 60.0 Å². The quantitative estimate of drug-likeness (QED) is 0.621. The number of benzene rings is 2. The molecule has 154 valence electrons. The van der Waals surface area contributed by atoms with Crippen molar-refractivity contribution in [3.8, 4) is 16.9 Å². The number of aryl methyl sites for hydroxylation is 1. The second-order valence-electron chi connectivity index (χ2n) is 5.96. The van der Waals surface area contributed by atoms with Crippen LogP contribution in [0.15, 0.2) is 53.4 Å². The third kappa shape index (κ3) is 4.04. The molecule has 3 aromatic rings. The van der Waals surface area contributed by atoms with Crippen LogP contribution in [-0.4, -0.2) is 25.3 Å². The lowest BCUT2D eigenvalue weighted by molar-refractivity contribution is -0.143. The van der Waals surface area contributed by atoms with Crippen LogP contribution in [0.4, 0.5) is 23.4 Å². The van der Waals surface area contributed by atoms with E-state index in [0.29, 0.717) is 4.68 Å². The summed E-state index contributed by atoms with van der Waals surface area (Å²) in [6.45, 7) is 0. The summed E-state index contributed by atoms with van der Waals surface area (Å²) in [5.41, 5.74) is -2.04. The van der Waals surface area contributed by atoms with E-state index >= 15 is 0 Å². The molecule has 0 amide bonds. The molecule has 2 aromatic carbocycles. The predicted molar refractivity (Wildman–Crippen MR) is 97.4 cm³/mol. The van der Waals surface area contributed by atoms with Crippen molar-refractivity contribution < 1.29 is 30.7 Å². The molecule has 0 bridgehead atoms. The van der Waals surface area contributed by atoms with E-state index in [0.717, 1.165) is 19.2 Å². The first-order valence-corrected chi connectivity index (χ1v) is 9.59. The highest BCUT2D eigenvalue weighted by Gasteiger charge is 2.40. The number of rotatable bonds is 5. The van der Waals surface area contributed by atoms with E-state index in [4.69, 9.17) is 4.74 Å². The molecular formula is C18H15F4N3O3S. The van der Waals surface area contributed by atoms with E-state index in [9.17, 15) is 26.0 Å². The predicted octanol–water partition coefficient (Wildman–Crippen LogP) is 4.05. The third-order valence-corrected chi connectivity index (χ3v) is 5.40. The minimum absolute atomic E-state index is 0.161. The van der Waals surface area contributed by atoms with Gasteiger partial charge in [0.15, 0.2) is 23.1 Å². The van der Waals surface area contributed by atoms with Crippen LogP contribution in [0.3, 0.4) is 0 Å². The average molecular weight is 429 g/mol. The zero-order chi connectivity index (χ0) is 21.4. The molecule has 29 heavy (non-hydrogen) atoms. The van der Waals surface area contributed by atoms with Gasteiger partial charge in [-0.1, -0.05) is 24.3 Å². The first-order valence-electron chi connectivity index (χ1n) is 8.10. The van der Waals surface area contributed by atoms with Crippen LogP contribution in [0.2, 0.25) is 0 Å². The summed E-state index contributed by atoms with van der Waals surface area (Å²) in [5.74, 6) is -1.65. The average Bonchev–Trinajstić information content (AvgIpc) is 2.97. The summed E-state index contributed by atoms with van der Waals surface area (Å²) in [6.07, 6.45) is -4.87. The van der Waals surface area contributed by atoms with E-state index in [-0.39, 0.29) is 16.2 Å². The number of hydrogen-bond acceptors (Lipinski definition) is 4. The van der Waals surface area contributed by atoms with Gasteiger partial charge >= 0.3 is 6.18 Å². The Bertz CT molecular complexity index is 1140. The van der Waals surface area contributed by atoms with Crippen molar-refractivity contribution in [2.75, 3.05) is 11.8 Å². The lowest BCUT2D eigenvalue weighted by Crippen LogP contribution is -2.14. The van der Waals surface area contributed by atoms with Crippen LogP contribution in [-0.2, 0) is 23.2 Å². The molecule has 3 rings (SSSR count). The lowest BCUT2D eigenvalue weighted by atomic mass is 10.0. The van der Waals surface area contributed by atoms with Crippen LogP contribution >= 0.6 is 0 Å². The number of nitrogens with zero attached hydrogens (tertiary/aromatic N) is 2. The molecule has 6 nitrogen and oxygen atoms in total. The van der Waals surface area contributed by atoms with Gasteiger partial charge in [0, 0.05) is 7.05 Å². The number of anilines is 1. The van der Waals surface area contributed by atoms with Gasteiger partial charge in [0.25, 0.3) is 10.0 Å². The lowest BCUT2D eigenvalue weighted by Gasteiger charge is -2.12. The van der Waals surface area contributed by atoms with E-state index in [2.05, 4.69) is 9.82 Å². The molecule has 0 atom stereocenters. The van der Waals surface area contributed by atoms with Crippen LogP contribution in [0, 0.1) is 5.82 Å². The molecule has 1 aromatic heterocycles. The van der Waals surface area contributed by atoms with Gasteiger partial charge in [0.05, 0.1) is 17.6 Å². The second-order valence-corrected chi connectivity index (χ2v) is 7.64. The van der Waals surface area contributed by atoms with Crippen molar-refractivity contribution >= 4 is 15.8 Å². The molecule has 1 N–H and O–H groups in total. The summed E-state index contributed by atoms with van der Waals surface area (Å²) >= 11 is 0. The molecule has 0 saturated carbocycles. The van der Waals surface area contributed by atoms with Crippen molar-refractivity contribution in [2.45, 2.75) is 11.1 Å². The van der Waals surface area contributed by atoms with Crippen molar-refractivity contribution in [3.63, 3.8) is 0 Å². The fraction of sp³-hybridized carbons (Fsp3) is 0.167. The molecule has 0 unspecified atom stereocenters. The maximum absolute atomic E-state index is 14.1. The molecule has 11 heteroatoms. The first-order chi connectivity index (χ1) is 13.5. The summed E-state index contributed by atoms with van der Waals surface area (Å²) < 4.78 is 87.6. The molecule has 0 aliphatic heterocycles. The maximum atomic E-state index is 14.1. The summed E-state index contributed by atoms with van der Waals surface area (Å²) in [5, 5.41) is 3.69. The van der Waals surface area contributed by atoms with Gasteiger partial charge in [0.1, 0.15) is 0 Å². The van der Waals surface area contributed by atoms with E-state index < -0.39 is 39.1 Å². The Balaban J connectivity index is 2.20. The standard InChI is InChI=1S/C18H15F4N3O3S/c1-25-16(18(20,21)22)15(11-8-9-14(28-2)13(19)10-11)17(23-25)24-29(26,27)12-6-4-3-5-7-12/h3-10H,1-2H3,(H,23,24). The Morgan fingerprint density at radius 3 is 2.31 bits per heavy atom. The Kier molecular flexibility index (Phi) is 5.26. The normalized spacial score (nSPS) is 12.1. The summed E-state index contributed by atoms with van der Waals surface area (Å²) in [7, 11) is -2.00. The zero-order valence-corrected chi connectivity index (χ0v) is 16.0. The molecule has 0 fully saturated rings. The highest BCUT2D eigenvalue weighted by molar-refractivity contribution is 7.92. The van der Waals surface area contributed by atoms with Crippen LogP contribution in [0.1, 0.15) is 5.69 Å². The number of nitrogens with one attached hydrogen (secondary N) is 1. The Hall–Kier alpha value is -3.08. The Labute approximate surface area is 163 Å². The number of methoxy groups -OCH3 is 1. The molecule has 0 radical (unpaired) electrons. The summed E-state index contributed by atoms with van der Waals surface area (Å²) in [4.78, 5) is -0.161. The van der Waals surface area contributed by atoms with Gasteiger partial charge in [-0.15, -0.1) is 0 Å². The number of aromatic nitrogens is 2. The van der Waals surface area contributed by atoms with Crippen LogP contribution < -0.4 is 9.46 Å². The molecule has 0 aliphatic carbocycles. The fourth-order valence-corrected chi connectivity index (χ4v) is 3.83. The van der Waals surface area contributed by atoms with Gasteiger partial charge < -0.3 is 4.74 Å². The number of alkyl halides is 3. The van der Waals surface area contributed by atoms with Crippen molar-refractivity contribution in [1.29, 1.82) is 0 Å². The highest BCUT2D eigenvalue weighted by Crippen LogP contribution is 2.42. The van der Waals surface area contributed by atoms with Gasteiger partial charge in [-0.2, -0.15) is 18.3 Å². The first kappa shape index (κ1) is 20.6. The molecular weight excluding hydrogens is 414 g/mol. The summed E-state index contributed by atoms with van der Waals surface area (Å²) in [6, 6.07) is 10.2. The second kappa shape index (κ2) is 7.39. The van der Waals surface area contributed by atoms with Crippen molar-refractivity contribution in [2.24, 2.45) is 7.05 Å². The Morgan fingerprint density at radius 2 is 1.76 bits per heavy atom. The zero-order valence-electron chi connectivity index (χ0n) is 15.2. The Morgan fingerprint density at radius 1 is 1.10 bits per heavy atom. The van der Waals surface area contributed by atoms with E-state index in [1.807, 2.05) is 0 Å². The third-order valence-electron chi connectivity index (χ3n) is 4.04. The smallest absolute Gasteiger partial charge is 0.433 e. The van der Waals surface area contributed by atoms with Gasteiger partial charge in [-0.05, 0) is 29.8 Å². The van der Waals surface area contributed by atoms with Crippen LogP contribution in [0.5, 0.6) is 5.75 Å². The monoisotopic (exact) mass is 429 g/mol. The number of sulfonamides is 1. The van der Waals surface area contributed by atoms with E-state index in [1.165, 1.54) is 37.4 Å². The molecule has 0 spiro atoms. The molecule has 0 aliphatic rings. The minimum atomic E-state index is -4.87. The number of halogens is 4. The minimum Gasteiger partial charge on any atom is -0.494 e. The van der Waals surface area contributed by atoms with Crippen molar-refractivity contribution in [1.82, 2.24) is 9.78 Å². The van der Waals surface area contributed by atoms with Crippen LogP contribution in [0.25, 0.3) is 11.1 Å². The maximum Gasteiger partial charge on any atom is 0.433 e. The highest BCUT2D eigenvalue weighted by atomic mass is 32.2. The largest absolute Gasteiger partial charge is 0.494 e. The molecule has 1 heterocycles. The number of hydrogen-bond donors (Lipinski definition) is 1. The van der Waals surface area contributed by atoms with E-state index in [1.54, 1.807) is 6.07 Å². The SMILES string of the molecule is COc1ccc(-c2c(NS(=O)(=O)c3ccccc3)nn(C)c2C(F)(F)F)cc1F. The fourth-order valence-electron chi connectivity index (χ4n) is 2.80. The number of ether oxygens (including phenoxy) is 1.